The van der Waals surface area contributed by atoms with E-state index in [9.17, 15) is 4.79 Å². The van der Waals surface area contributed by atoms with Crippen molar-refractivity contribution in [3.05, 3.63) is 52.2 Å². The lowest BCUT2D eigenvalue weighted by molar-refractivity contribution is -0.119. The number of piperidine rings is 1. The van der Waals surface area contributed by atoms with Gasteiger partial charge in [-0.1, -0.05) is 12.1 Å². The molecule has 3 rings (SSSR count). The molecule has 1 aliphatic rings. The van der Waals surface area contributed by atoms with Gasteiger partial charge in [-0.15, -0.1) is 24.0 Å². The van der Waals surface area contributed by atoms with Crippen LogP contribution in [0.5, 0.6) is 0 Å². The molecule has 5 nitrogen and oxygen atoms in total. The number of halogens is 1. The van der Waals surface area contributed by atoms with Crippen molar-refractivity contribution in [2.24, 2.45) is 4.99 Å². The Morgan fingerprint density at radius 3 is 2.63 bits per heavy atom. The number of amides is 1. The van der Waals surface area contributed by atoms with Gasteiger partial charge < -0.3 is 15.5 Å². The van der Waals surface area contributed by atoms with Crippen LogP contribution in [0.3, 0.4) is 0 Å². The Morgan fingerprint density at radius 1 is 1.15 bits per heavy atom. The average molecular weight is 498 g/mol. The number of carbonyl (C=O) groups is 1. The molecule has 2 N–H and O–H groups in total. The van der Waals surface area contributed by atoms with Gasteiger partial charge in [-0.05, 0) is 59.9 Å². The van der Waals surface area contributed by atoms with Gasteiger partial charge in [-0.3, -0.25) is 4.79 Å². The minimum Gasteiger partial charge on any atom is -0.357 e. The standard InChI is InChI=1S/C20H26N4OS.HI/c1-2-21-20(23-14-17-10-12-26-15-17)22-13-16-6-8-18(9-7-16)24-11-4-3-5-19(24)25;/h6-10,12,15H,2-5,11,13-14H2,1H3,(H2,21,22,23);1H. The van der Waals surface area contributed by atoms with E-state index < -0.39 is 0 Å². The third-order valence-electron chi connectivity index (χ3n) is 4.38. The second kappa shape index (κ2) is 11.3. The fourth-order valence-corrected chi connectivity index (χ4v) is 3.61. The van der Waals surface area contributed by atoms with Crippen molar-refractivity contribution in [1.29, 1.82) is 0 Å². The highest BCUT2D eigenvalue weighted by Gasteiger charge is 2.19. The molecular formula is C20H27IN4OS. The first-order chi connectivity index (χ1) is 12.8. The number of nitrogens with zero attached hydrogens (tertiary/aromatic N) is 2. The van der Waals surface area contributed by atoms with Crippen molar-refractivity contribution in [3.63, 3.8) is 0 Å². The van der Waals surface area contributed by atoms with Crippen LogP contribution in [0.4, 0.5) is 5.69 Å². The van der Waals surface area contributed by atoms with Gasteiger partial charge in [0.25, 0.3) is 0 Å². The van der Waals surface area contributed by atoms with Crippen LogP contribution in [0, 0.1) is 0 Å². The van der Waals surface area contributed by atoms with Crippen LogP contribution >= 0.6 is 35.3 Å². The van der Waals surface area contributed by atoms with Crippen LogP contribution < -0.4 is 15.5 Å². The first-order valence-electron chi connectivity index (χ1n) is 9.19. The molecule has 0 aliphatic carbocycles. The monoisotopic (exact) mass is 498 g/mol. The van der Waals surface area contributed by atoms with Crippen LogP contribution in [0.25, 0.3) is 0 Å². The summed E-state index contributed by atoms with van der Waals surface area (Å²) in [5.74, 6) is 1.05. The van der Waals surface area contributed by atoms with Gasteiger partial charge in [0.15, 0.2) is 5.96 Å². The Labute approximate surface area is 182 Å². The molecular weight excluding hydrogens is 471 g/mol. The summed E-state index contributed by atoms with van der Waals surface area (Å²) < 4.78 is 0. The van der Waals surface area contributed by atoms with Crippen LogP contribution in [-0.2, 0) is 17.9 Å². The predicted molar refractivity (Wildman–Crippen MR) is 124 cm³/mol. The van der Waals surface area contributed by atoms with E-state index in [-0.39, 0.29) is 29.9 Å². The van der Waals surface area contributed by atoms with Crippen molar-refractivity contribution in [1.82, 2.24) is 10.6 Å². The second-order valence-corrected chi connectivity index (χ2v) is 7.13. The molecule has 2 heterocycles. The van der Waals surface area contributed by atoms with E-state index in [2.05, 4.69) is 51.5 Å². The van der Waals surface area contributed by atoms with Gasteiger partial charge in [0.1, 0.15) is 0 Å². The number of carbonyl (C=O) groups excluding carboxylic acids is 1. The lowest BCUT2D eigenvalue weighted by Gasteiger charge is -2.26. The highest BCUT2D eigenvalue weighted by Crippen LogP contribution is 2.21. The highest BCUT2D eigenvalue weighted by molar-refractivity contribution is 14.0. The Balaban J connectivity index is 0.00000261. The summed E-state index contributed by atoms with van der Waals surface area (Å²) in [5, 5.41) is 10.8. The van der Waals surface area contributed by atoms with Crippen LogP contribution in [0.2, 0.25) is 0 Å². The minimum atomic E-state index is 0. The Kier molecular flexibility index (Phi) is 9.06. The van der Waals surface area contributed by atoms with Crippen molar-refractivity contribution in [2.75, 3.05) is 18.0 Å². The van der Waals surface area contributed by atoms with Gasteiger partial charge in [0.05, 0.1) is 6.54 Å². The van der Waals surface area contributed by atoms with Gasteiger partial charge in [0, 0.05) is 31.7 Å². The number of thiophene rings is 1. The fourth-order valence-electron chi connectivity index (χ4n) is 2.95. The average Bonchev–Trinajstić information content (AvgIpc) is 3.19. The van der Waals surface area contributed by atoms with Crippen LogP contribution in [-0.4, -0.2) is 25.0 Å². The number of anilines is 1. The molecule has 0 saturated carbocycles. The van der Waals surface area contributed by atoms with E-state index in [1.807, 2.05) is 17.0 Å². The molecule has 0 unspecified atom stereocenters. The minimum absolute atomic E-state index is 0. The molecule has 1 amide bonds. The number of guanidine groups is 1. The van der Waals surface area contributed by atoms with E-state index >= 15 is 0 Å². The Bertz CT molecular complexity index is 731. The van der Waals surface area contributed by atoms with Gasteiger partial charge in [-0.25, -0.2) is 4.99 Å². The maximum absolute atomic E-state index is 12.0. The summed E-state index contributed by atoms with van der Waals surface area (Å²) in [5.41, 5.74) is 3.39. The van der Waals surface area contributed by atoms with E-state index in [1.54, 1.807) is 11.3 Å². The maximum Gasteiger partial charge on any atom is 0.226 e. The molecule has 0 spiro atoms. The lowest BCUT2D eigenvalue weighted by Crippen LogP contribution is -2.37. The number of hydrogen-bond donors (Lipinski definition) is 2. The summed E-state index contributed by atoms with van der Waals surface area (Å²) in [6, 6.07) is 10.3. The molecule has 0 radical (unpaired) electrons. The Morgan fingerprint density at radius 2 is 1.96 bits per heavy atom. The third-order valence-corrected chi connectivity index (χ3v) is 5.11. The van der Waals surface area contributed by atoms with E-state index in [0.29, 0.717) is 19.5 Å². The zero-order valence-electron chi connectivity index (χ0n) is 15.6. The summed E-state index contributed by atoms with van der Waals surface area (Å²) in [4.78, 5) is 18.5. The zero-order valence-corrected chi connectivity index (χ0v) is 18.8. The molecule has 1 aromatic carbocycles. The molecule has 1 aliphatic heterocycles. The lowest BCUT2D eigenvalue weighted by atomic mass is 10.1. The zero-order chi connectivity index (χ0) is 18.2. The summed E-state index contributed by atoms with van der Waals surface area (Å²) >= 11 is 1.69. The van der Waals surface area contributed by atoms with Crippen molar-refractivity contribution in [2.45, 2.75) is 39.3 Å². The number of hydrogen-bond acceptors (Lipinski definition) is 3. The van der Waals surface area contributed by atoms with Crippen molar-refractivity contribution >= 4 is 52.9 Å². The Hall–Kier alpha value is -1.61. The summed E-state index contributed by atoms with van der Waals surface area (Å²) in [7, 11) is 0. The van der Waals surface area contributed by atoms with E-state index in [1.165, 1.54) is 11.1 Å². The van der Waals surface area contributed by atoms with Gasteiger partial charge in [0.2, 0.25) is 5.91 Å². The molecule has 146 valence electrons. The number of benzene rings is 1. The quantitative estimate of drug-likeness (QED) is 0.358. The molecule has 1 aromatic heterocycles. The molecule has 1 fully saturated rings. The number of aliphatic imine (C=N–C) groups is 1. The van der Waals surface area contributed by atoms with Crippen molar-refractivity contribution < 1.29 is 4.79 Å². The van der Waals surface area contributed by atoms with Crippen LogP contribution in [0.1, 0.15) is 37.3 Å². The molecule has 1 saturated heterocycles. The number of rotatable bonds is 6. The summed E-state index contributed by atoms with van der Waals surface area (Å²) in [6.45, 7) is 5.09. The van der Waals surface area contributed by atoms with E-state index in [4.69, 9.17) is 0 Å². The highest BCUT2D eigenvalue weighted by atomic mass is 127. The molecule has 0 bridgehead atoms. The van der Waals surface area contributed by atoms with Crippen molar-refractivity contribution in [3.8, 4) is 0 Å². The topological polar surface area (TPSA) is 56.7 Å². The maximum atomic E-state index is 12.0. The van der Waals surface area contributed by atoms with Gasteiger partial charge in [-0.2, -0.15) is 11.3 Å². The third kappa shape index (κ3) is 6.49. The van der Waals surface area contributed by atoms with Crippen LogP contribution in [0.15, 0.2) is 46.1 Å². The largest absolute Gasteiger partial charge is 0.357 e. The SMILES string of the molecule is CCNC(=NCc1ccsc1)NCc1ccc(N2CCCCC2=O)cc1.I. The summed E-state index contributed by atoms with van der Waals surface area (Å²) in [6.07, 6.45) is 2.76. The fraction of sp³-hybridized carbons (Fsp3) is 0.400. The molecule has 27 heavy (non-hydrogen) atoms. The van der Waals surface area contributed by atoms with Gasteiger partial charge >= 0.3 is 0 Å². The normalized spacial score (nSPS) is 14.6. The number of nitrogens with one attached hydrogen (secondary N) is 2. The first-order valence-corrected chi connectivity index (χ1v) is 10.1. The first kappa shape index (κ1) is 21.7. The molecule has 2 aromatic rings. The smallest absolute Gasteiger partial charge is 0.226 e. The molecule has 7 heteroatoms. The predicted octanol–water partition coefficient (Wildman–Crippen LogP) is 4.14. The molecule has 0 atom stereocenters. The second-order valence-electron chi connectivity index (χ2n) is 6.35. The van der Waals surface area contributed by atoms with E-state index in [0.717, 1.165) is 37.6 Å².